The van der Waals surface area contributed by atoms with Crippen LogP contribution in [0.1, 0.15) is 5.56 Å². The molecule has 3 nitrogen and oxygen atoms in total. The van der Waals surface area contributed by atoms with E-state index in [2.05, 4.69) is 5.32 Å². The zero-order valence-corrected chi connectivity index (χ0v) is 10.4. The Kier molecular flexibility index (Phi) is 4.20. The molecule has 0 unspecified atom stereocenters. The van der Waals surface area contributed by atoms with E-state index in [0.717, 1.165) is 11.3 Å². The second-order valence-electron chi connectivity index (χ2n) is 3.68. The van der Waals surface area contributed by atoms with Crippen LogP contribution in [0.2, 0.25) is 5.02 Å². The van der Waals surface area contributed by atoms with Crippen molar-refractivity contribution in [2.45, 2.75) is 6.61 Å². The average Bonchev–Trinajstić information content (AvgIpc) is 2.39. The number of halogens is 1. The lowest BCUT2D eigenvalue weighted by Crippen LogP contribution is -1.98. The van der Waals surface area contributed by atoms with Crippen molar-refractivity contribution in [2.24, 2.45) is 0 Å². The standard InChI is InChI=1S/C14H12ClNO2/c15-13-6-1-2-7-14(13)18-9-11-4-3-5-12(8-11)16-10-17/h1-8,10H,9H2,(H,16,17). The monoisotopic (exact) mass is 261 g/mol. The van der Waals surface area contributed by atoms with Crippen molar-refractivity contribution < 1.29 is 9.53 Å². The van der Waals surface area contributed by atoms with Gasteiger partial charge in [0.25, 0.3) is 0 Å². The van der Waals surface area contributed by atoms with E-state index in [1.165, 1.54) is 0 Å². The molecule has 1 amide bonds. The first-order valence-corrected chi connectivity index (χ1v) is 5.84. The van der Waals surface area contributed by atoms with Gasteiger partial charge in [0.05, 0.1) is 5.02 Å². The van der Waals surface area contributed by atoms with Crippen LogP contribution < -0.4 is 10.1 Å². The summed E-state index contributed by atoms with van der Waals surface area (Å²) >= 11 is 5.99. The molecule has 0 fully saturated rings. The highest BCUT2D eigenvalue weighted by atomic mass is 35.5. The molecular formula is C14H12ClNO2. The molecule has 0 aliphatic heterocycles. The highest BCUT2D eigenvalue weighted by Gasteiger charge is 2.01. The van der Waals surface area contributed by atoms with Gasteiger partial charge in [-0.15, -0.1) is 0 Å². The quantitative estimate of drug-likeness (QED) is 0.837. The molecule has 0 aliphatic rings. The molecule has 0 bridgehead atoms. The van der Waals surface area contributed by atoms with Crippen molar-refractivity contribution >= 4 is 23.7 Å². The maximum Gasteiger partial charge on any atom is 0.211 e. The van der Waals surface area contributed by atoms with Crippen LogP contribution in [0.5, 0.6) is 5.75 Å². The number of rotatable bonds is 5. The molecule has 0 saturated heterocycles. The van der Waals surface area contributed by atoms with E-state index in [9.17, 15) is 4.79 Å². The van der Waals surface area contributed by atoms with Gasteiger partial charge in [-0.05, 0) is 29.8 Å². The second-order valence-corrected chi connectivity index (χ2v) is 4.09. The number of hydrogen-bond acceptors (Lipinski definition) is 2. The summed E-state index contributed by atoms with van der Waals surface area (Å²) in [4.78, 5) is 10.3. The SMILES string of the molecule is O=CNc1cccc(COc2ccccc2Cl)c1. The summed E-state index contributed by atoms with van der Waals surface area (Å²) in [5, 5.41) is 3.18. The lowest BCUT2D eigenvalue weighted by Gasteiger charge is -2.08. The van der Waals surface area contributed by atoms with Gasteiger partial charge in [0.15, 0.2) is 0 Å². The number of carbonyl (C=O) groups is 1. The van der Waals surface area contributed by atoms with Gasteiger partial charge in [0, 0.05) is 5.69 Å². The normalized spacial score (nSPS) is 9.83. The van der Waals surface area contributed by atoms with Crippen LogP contribution in [0, 0.1) is 0 Å². The lowest BCUT2D eigenvalue weighted by molar-refractivity contribution is -0.105. The second kappa shape index (κ2) is 6.07. The summed E-state index contributed by atoms with van der Waals surface area (Å²) in [7, 11) is 0. The Morgan fingerprint density at radius 2 is 2.00 bits per heavy atom. The van der Waals surface area contributed by atoms with Crippen molar-refractivity contribution in [3.63, 3.8) is 0 Å². The average molecular weight is 262 g/mol. The molecule has 0 atom stereocenters. The molecule has 2 aromatic rings. The van der Waals surface area contributed by atoms with Gasteiger partial charge in [0.1, 0.15) is 12.4 Å². The third-order valence-corrected chi connectivity index (χ3v) is 2.70. The number of amides is 1. The van der Waals surface area contributed by atoms with Crippen molar-refractivity contribution in [3.8, 4) is 5.75 Å². The molecule has 0 aromatic heterocycles. The number of para-hydroxylation sites is 1. The molecule has 0 heterocycles. The van der Waals surface area contributed by atoms with Crippen LogP contribution in [-0.4, -0.2) is 6.41 Å². The zero-order valence-electron chi connectivity index (χ0n) is 9.60. The summed E-state index contributed by atoms with van der Waals surface area (Å²) in [6.07, 6.45) is 0.647. The van der Waals surface area contributed by atoms with Gasteiger partial charge in [-0.25, -0.2) is 0 Å². The molecule has 0 spiro atoms. The van der Waals surface area contributed by atoms with Crippen molar-refractivity contribution in [1.29, 1.82) is 0 Å². The fourth-order valence-electron chi connectivity index (χ4n) is 1.54. The Labute approximate surface area is 110 Å². The molecule has 0 radical (unpaired) electrons. The van der Waals surface area contributed by atoms with Gasteiger partial charge < -0.3 is 10.1 Å². The number of nitrogens with one attached hydrogen (secondary N) is 1. The van der Waals surface area contributed by atoms with Crippen LogP contribution in [0.15, 0.2) is 48.5 Å². The highest BCUT2D eigenvalue weighted by Crippen LogP contribution is 2.24. The van der Waals surface area contributed by atoms with Crippen molar-refractivity contribution in [2.75, 3.05) is 5.32 Å². The smallest absolute Gasteiger partial charge is 0.211 e. The molecule has 2 rings (SSSR count). The molecule has 2 aromatic carbocycles. The topological polar surface area (TPSA) is 38.3 Å². The molecule has 92 valence electrons. The minimum atomic E-state index is 0.401. The van der Waals surface area contributed by atoms with Crippen molar-refractivity contribution in [3.05, 3.63) is 59.1 Å². The number of benzene rings is 2. The first-order valence-electron chi connectivity index (χ1n) is 5.46. The van der Waals surface area contributed by atoms with E-state index in [1.807, 2.05) is 42.5 Å². The third kappa shape index (κ3) is 3.25. The number of anilines is 1. The molecule has 0 saturated carbocycles. The largest absolute Gasteiger partial charge is 0.487 e. The predicted molar refractivity (Wildman–Crippen MR) is 71.9 cm³/mol. The minimum absolute atomic E-state index is 0.401. The zero-order chi connectivity index (χ0) is 12.8. The molecular weight excluding hydrogens is 250 g/mol. The van der Waals surface area contributed by atoms with Crippen LogP contribution >= 0.6 is 11.6 Å². The van der Waals surface area contributed by atoms with Crippen LogP contribution in [0.3, 0.4) is 0 Å². The van der Waals surface area contributed by atoms with Crippen LogP contribution in [0.25, 0.3) is 0 Å². The molecule has 1 N–H and O–H groups in total. The number of carbonyl (C=O) groups excluding carboxylic acids is 1. The van der Waals surface area contributed by atoms with Gasteiger partial charge in [0.2, 0.25) is 6.41 Å². The summed E-state index contributed by atoms with van der Waals surface area (Å²) < 4.78 is 5.61. The predicted octanol–water partition coefficient (Wildman–Crippen LogP) is 3.49. The summed E-state index contributed by atoms with van der Waals surface area (Å²) in [5.41, 5.74) is 1.70. The summed E-state index contributed by atoms with van der Waals surface area (Å²) in [6, 6.07) is 14.8. The summed E-state index contributed by atoms with van der Waals surface area (Å²) in [5.74, 6) is 0.646. The maximum absolute atomic E-state index is 10.3. The van der Waals surface area contributed by atoms with E-state index in [4.69, 9.17) is 16.3 Å². The first kappa shape index (κ1) is 12.5. The molecule has 0 aliphatic carbocycles. The Morgan fingerprint density at radius 3 is 2.78 bits per heavy atom. The van der Waals surface area contributed by atoms with Gasteiger partial charge in [-0.1, -0.05) is 35.9 Å². The van der Waals surface area contributed by atoms with Gasteiger partial charge in [-0.3, -0.25) is 4.79 Å². The van der Waals surface area contributed by atoms with Crippen LogP contribution in [0.4, 0.5) is 5.69 Å². The Morgan fingerprint density at radius 1 is 1.17 bits per heavy atom. The third-order valence-electron chi connectivity index (χ3n) is 2.38. The maximum atomic E-state index is 10.3. The van der Waals surface area contributed by atoms with E-state index in [1.54, 1.807) is 6.07 Å². The van der Waals surface area contributed by atoms with Crippen molar-refractivity contribution in [1.82, 2.24) is 0 Å². The number of hydrogen-bond donors (Lipinski definition) is 1. The van der Waals surface area contributed by atoms with Gasteiger partial charge in [-0.2, -0.15) is 0 Å². The Hall–Kier alpha value is -2.00. The number of ether oxygens (including phenoxy) is 1. The lowest BCUT2D eigenvalue weighted by atomic mass is 10.2. The minimum Gasteiger partial charge on any atom is -0.487 e. The fourth-order valence-corrected chi connectivity index (χ4v) is 1.73. The fraction of sp³-hybridized carbons (Fsp3) is 0.0714. The summed E-state index contributed by atoms with van der Waals surface area (Å²) in [6.45, 7) is 0.401. The molecule has 18 heavy (non-hydrogen) atoms. The van der Waals surface area contributed by atoms with Crippen LogP contribution in [-0.2, 0) is 11.4 Å². The van der Waals surface area contributed by atoms with Gasteiger partial charge >= 0.3 is 0 Å². The van der Waals surface area contributed by atoms with E-state index in [0.29, 0.717) is 23.8 Å². The molecule has 4 heteroatoms. The first-order chi connectivity index (χ1) is 8.79. The van der Waals surface area contributed by atoms with E-state index < -0.39 is 0 Å². The Balaban J connectivity index is 2.04. The van der Waals surface area contributed by atoms with E-state index in [-0.39, 0.29) is 0 Å². The highest BCUT2D eigenvalue weighted by molar-refractivity contribution is 6.32. The Bertz CT molecular complexity index is 543. The van der Waals surface area contributed by atoms with E-state index >= 15 is 0 Å².